The number of carbonyl (C=O) groups is 1. The van der Waals surface area contributed by atoms with Crippen LogP contribution in [0.4, 0.5) is 5.69 Å². The Kier molecular flexibility index (Phi) is 3.15. The van der Waals surface area contributed by atoms with Crippen molar-refractivity contribution in [2.45, 2.75) is 6.54 Å². The molecule has 0 radical (unpaired) electrons. The van der Waals surface area contributed by atoms with Crippen LogP contribution in [0.25, 0.3) is 0 Å². The molecule has 0 aliphatic carbocycles. The first-order valence-corrected chi connectivity index (χ1v) is 5.14. The van der Waals surface area contributed by atoms with Crippen molar-refractivity contribution in [2.24, 2.45) is 0 Å². The quantitative estimate of drug-likeness (QED) is 0.652. The van der Waals surface area contributed by atoms with Gasteiger partial charge >= 0.3 is 17.2 Å². The van der Waals surface area contributed by atoms with Gasteiger partial charge in [-0.15, -0.1) is 0 Å². The first-order chi connectivity index (χ1) is 9.00. The molecular formula is C11H8N2O6. The molecule has 0 amide bonds. The van der Waals surface area contributed by atoms with Gasteiger partial charge in [0.15, 0.2) is 0 Å². The molecule has 2 aromatic heterocycles. The Morgan fingerprint density at radius 1 is 1.47 bits per heavy atom. The van der Waals surface area contributed by atoms with Gasteiger partial charge in [0.2, 0.25) is 0 Å². The maximum absolute atomic E-state index is 11.7. The van der Waals surface area contributed by atoms with E-state index in [2.05, 4.69) is 0 Å². The number of pyridine rings is 1. The third-order valence-electron chi connectivity index (χ3n) is 2.49. The maximum atomic E-state index is 11.7. The number of carboxylic acid groups (broad SMARTS) is 1. The molecule has 0 aliphatic heterocycles. The SMILES string of the molecule is O=C(O)c1ccoc1Cn1cccc([N+](=O)[O-])c1=O. The topological polar surface area (TPSA) is 116 Å². The van der Waals surface area contributed by atoms with Crippen molar-refractivity contribution in [1.29, 1.82) is 0 Å². The highest BCUT2D eigenvalue weighted by Gasteiger charge is 2.17. The molecule has 0 fully saturated rings. The minimum atomic E-state index is -1.19. The highest BCUT2D eigenvalue weighted by atomic mass is 16.6. The van der Waals surface area contributed by atoms with Crippen molar-refractivity contribution >= 4 is 11.7 Å². The van der Waals surface area contributed by atoms with Crippen LogP contribution in [-0.4, -0.2) is 20.6 Å². The minimum absolute atomic E-state index is 0.0510. The van der Waals surface area contributed by atoms with E-state index >= 15 is 0 Å². The lowest BCUT2D eigenvalue weighted by Gasteiger charge is -2.03. The summed E-state index contributed by atoms with van der Waals surface area (Å²) < 4.78 is 5.99. The number of hydrogen-bond acceptors (Lipinski definition) is 5. The summed E-state index contributed by atoms with van der Waals surface area (Å²) >= 11 is 0. The summed E-state index contributed by atoms with van der Waals surface area (Å²) in [5, 5.41) is 19.5. The van der Waals surface area contributed by atoms with E-state index < -0.39 is 22.1 Å². The average Bonchev–Trinajstić information content (AvgIpc) is 2.79. The molecular weight excluding hydrogens is 256 g/mol. The minimum Gasteiger partial charge on any atom is -0.478 e. The van der Waals surface area contributed by atoms with E-state index in [9.17, 15) is 19.7 Å². The molecule has 19 heavy (non-hydrogen) atoms. The molecule has 0 bridgehead atoms. The van der Waals surface area contributed by atoms with Gasteiger partial charge in [0.1, 0.15) is 11.3 Å². The van der Waals surface area contributed by atoms with Crippen LogP contribution < -0.4 is 5.56 Å². The van der Waals surface area contributed by atoms with Crippen LogP contribution in [0.5, 0.6) is 0 Å². The molecule has 2 aromatic rings. The van der Waals surface area contributed by atoms with Crippen molar-refractivity contribution < 1.29 is 19.2 Å². The van der Waals surface area contributed by atoms with Gasteiger partial charge in [-0.25, -0.2) is 4.79 Å². The normalized spacial score (nSPS) is 10.3. The second-order valence-electron chi connectivity index (χ2n) is 3.65. The van der Waals surface area contributed by atoms with Crippen LogP contribution in [0, 0.1) is 10.1 Å². The summed E-state index contributed by atoms with van der Waals surface area (Å²) in [5.41, 5.74) is -1.48. The van der Waals surface area contributed by atoms with E-state index in [0.29, 0.717) is 0 Å². The van der Waals surface area contributed by atoms with Crippen LogP contribution in [0.1, 0.15) is 16.1 Å². The third kappa shape index (κ3) is 2.37. The van der Waals surface area contributed by atoms with E-state index in [4.69, 9.17) is 9.52 Å². The number of furan rings is 1. The average molecular weight is 264 g/mol. The van der Waals surface area contributed by atoms with Gasteiger partial charge in [0, 0.05) is 12.3 Å². The summed E-state index contributed by atoms with van der Waals surface area (Å²) in [6.07, 6.45) is 2.50. The summed E-state index contributed by atoms with van der Waals surface area (Å²) in [5.74, 6) is -1.14. The van der Waals surface area contributed by atoms with Crippen LogP contribution in [-0.2, 0) is 6.54 Å². The second-order valence-corrected chi connectivity index (χ2v) is 3.65. The lowest BCUT2D eigenvalue weighted by atomic mass is 10.2. The summed E-state index contributed by atoms with van der Waals surface area (Å²) in [7, 11) is 0. The van der Waals surface area contributed by atoms with E-state index in [1.165, 1.54) is 24.6 Å². The smallest absolute Gasteiger partial charge is 0.339 e. The largest absolute Gasteiger partial charge is 0.478 e. The van der Waals surface area contributed by atoms with Crippen LogP contribution in [0.2, 0.25) is 0 Å². The van der Waals surface area contributed by atoms with E-state index in [-0.39, 0.29) is 17.9 Å². The van der Waals surface area contributed by atoms with E-state index in [0.717, 1.165) is 10.6 Å². The number of hydrogen-bond donors (Lipinski definition) is 1. The zero-order valence-corrected chi connectivity index (χ0v) is 9.48. The molecule has 0 aliphatic rings. The molecule has 8 heteroatoms. The van der Waals surface area contributed by atoms with E-state index in [1.54, 1.807) is 0 Å². The molecule has 98 valence electrons. The summed E-state index contributed by atoms with van der Waals surface area (Å²) in [6, 6.07) is 3.67. The van der Waals surface area contributed by atoms with Crippen molar-refractivity contribution in [3.05, 3.63) is 62.5 Å². The van der Waals surface area contributed by atoms with Gasteiger partial charge in [0.25, 0.3) is 0 Å². The number of nitro groups is 1. The van der Waals surface area contributed by atoms with Crippen LogP contribution in [0.15, 0.2) is 39.9 Å². The predicted octanol–water partition coefficient (Wildman–Crippen LogP) is 1.10. The van der Waals surface area contributed by atoms with E-state index in [1.807, 2.05) is 0 Å². The van der Waals surface area contributed by atoms with Crippen LogP contribution >= 0.6 is 0 Å². The van der Waals surface area contributed by atoms with Crippen molar-refractivity contribution in [3.63, 3.8) is 0 Å². The number of aromatic carboxylic acids is 1. The van der Waals surface area contributed by atoms with Gasteiger partial charge in [0.05, 0.1) is 17.7 Å². The summed E-state index contributed by atoms with van der Waals surface area (Å²) in [6.45, 7) is -0.185. The fourth-order valence-electron chi connectivity index (χ4n) is 1.60. The molecule has 2 heterocycles. The van der Waals surface area contributed by atoms with Gasteiger partial charge in [-0.05, 0) is 12.1 Å². The first kappa shape index (κ1) is 12.6. The van der Waals surface area contributed by atoms with Gasteiger partial charge in [-0.1, -0.05) is 0 Å². The van der Waals surface area contributed by atoms with Crippen molar-refractivity contribution in [3.8, 4) is 0 Å². The Bertz CT molecular complexity index is 699. The second kappa shape index (κ2) is 4.77. The summed E-state index contributed by atoms with van der Waals surface area (Å²) in [4.78, 5) is 32.5. The zero-order chi connectivity index (χ0) is 14.0. The van der Waals surface area contributed by atoms with Gasteiger partial charge in [-0.2, -0.15) is 0 Å². The maximum Gasteiger partial charge on any atom is 0.339 e. The Labute approximate surface area is 105 Å². The molecule has 0 spiro atoms. The molecule has 0 saturated carbocycles. The lowest BCUT2D eigenvalue weighted by Crippen LogP contribution is -2.22. The molecule has 0 saturated heterocycles. The fraction of sp³-hybridized carbons (Fsp3) is 0.0909. The first-order valence-electron chi connectivity index (χ1n) is 5.14. The Balaban J connectivity index is 2.42. The lowest BCUT2D eigenvalue weighted by molar-refractivity contribution is -0.386. The monoisotopic (exact) mass is 264 g/mol. The standard InChI is InChI=1S/C11H8N2O6/c14-10-8(13(17)18)2-1-4-12(10)6-9-7(11(15)16)3-5-19-9/h1-5H,6H2,(H,15,16). The Morgan fingerprint density at radius 2 is 2.21 bits per heavy atom. The highest BCUT2D eigenvalue weighted by molar-refractivity contribution is 5.88. The zero-order valence-electron chi connectivity index (χ0n) is 9.48. The predicted molar refractivity (Wildman–Crippen MR) is 62.1 cm³/mol. The third-order valence-corrected chi connectivity index (χ3v) is 2.49. The number of aromatic nitrogens is 1. The number of carboxylic acids is 1. The molecule has 8 nitrogen and oxygen atoms in total. The van der Waals surface area contributed by atoms with Gasteiger partial charge < -0.3 is 14.1 Å². The van der Waals surface area contributed by atoms with Crippen molar-refractivity contribution in [1.82, 2.24) is 4.57 Å². The number of nitrogens with zero attached hydrogens (tertiary/aromatic N) is 2. The fourth-order valence-corrected chi connectivity index (χ4v) is 1.60. The highest BCUT2D eigenvalue weighted by Crippen LogP contribution is 2.12. The molecule has 0 aromatic carbocycles. The Morgan fingerprint density at radius 3 is 2.84 bits per heavy atom. The molecule has 2 rings (SSSR count). The number of rotatable bonds is 4. The van der Waals surface area contributed by atoms with Gasteiger partial charge in [-0.3, -0.25) is 14.9 Å². The molecule has 0 unspecified atom stereocenters. The molecule has 1 N–H and O–H groups in total. The molecule has 0 atom stereocenters. The van der Waals surface area contributed by atoms with Crippen molar-refractivity contribution in [2.75, 3.05) is 0 Å². The Hall–Kier alpha value is -2.90. The van der Waals surface area contributed by atoms with Crippen LogP contribution in [0.3, 0.4) is 0 Å².